The van der Waals surface area contributed by atoms with Crippen LogP contribution in [0.4, 0.5) is 5.69 Å². The third-order valence-corrected chi connectivity index (χ3v) is 2.87. The Balaban J connectivity index is 2.00. The van der Waals surface area contributed by atoms with Gasteiger partial charge >= 0.3 is 0 Å². The van der Waals surface area contributed by atoms with Crippen molar-refractivity contribution in [2.75, 3.05) is 6.61 Å². The van der Waals surface area contributed by atoms with Crippen molar-refractivity contribution in [2.24, 2.45) is 0 Å². The molecule has 0 radical (unpaired) electrons. The smallest absolute Gasteiger partial charge is 0.269 e. The average Bonchev–Trinajstić information content (AvgIpc) is 2.37. The maximum absolute atomic E-state index is 10.5. The molecule has 1 aliphatic rings. The van der Waals surface area contributed by atoms with Gasteiger partial charge in [-0.25, -0.2) is 0 Å². The highest BCUT2D eigenvalue weighted by molar-refractivity contribution is 5.52. The quantitative estimate of drug-likeness (QED) is 0.466. The standard InChI is InChI=1S/C14H15NO3/c1-11-8-9-18-14(10-11)7-4-12-2-5-13(6-3-12)15(16)17/h2-8,14H,9-10H2,1H3/b7-4+/t14-/m0/s1. The van der Waals surface area contributed by atoms with Gasteiger partial charge in [0.05, 0.1) is 17.6 Å². The van der Waals surface area contributed by atoms with Crippen molar-refractivity contribution in [1.29, 1.82) is 0 Å². The van der Waals surface area contributed by atoms with Crippen LogP contribution in [-0.2, 0) is 4.74 Å². The Bertz CT molecular complexity index is 488. The second-order valence-corrected chi connectivity index (χ2v) is 4.33. The zero-order chi connectivity index (χ0) is 13.0. The molecular weight excluding hydrogens is 230 g/mol. The number of ether oxygens (including phenoxy) is 1. The first-order chi connectivity index (χ1) is 8.65. The van der Waals surface area contributed by atoms with Gasteiger partial charge in [-0.3, -0.25) is 10.1 Å². The number of nitrogens with zero attached hydrogens (tertiary/aromatic N) is 1. The molecule has 0 N–H and O–H groups in total. The number of hydrogen-bond acceptors (Lipinski definition) is 3. The van der Waals surface area contributed by atoms with E-state index < -0.39 is 4.92 Å². The van der Waals surface area contributed by atoms with E-state index in [-0.39, 0.29) is 11.8 Å². The van der Waals surface area contributed by atoms with Crippen molar-refractivity contribution in [3.8, 4) is 0 Å². The minimum absolute atomic E-state index is 0.102. The Morgan fingerprint density at radius 2 is 2.11 bits per heavy atom. The maximum atomic E-state index is 10.5. The van der Waals surface area contributed by atoms with Crippen LogP contribution < -0.4 is 0 Å². The third kappa shape index (κ3) is 3.28. The normalized spacial score (nSPS) is 19.8. The number of non-ortho nitro benzene ring substituents is 1. The second-order valence-electron chi connectivity index (χ2n) is 4.33. The Kier molecular flexibility index (Phi) is 3.89. The van der Waals surface area contributed by atoms with Crippen molar-refractivity contribution in [2.45, 2.75) is 19.4 Å². The van der Waals surface area contributed by atoms with E-state index in [0.29, 0.717) is 6.61 Å². The van der Waals surface area contributed by atoms with Gasteiger partial charge in [0.1, 0.15) is 0 Å². The van der Waals surface area contributed by atoms with Gasteiger partial charge in [-0.15, -0.1) is 0 Å². The molecule has 0 amide bonds. The first-order valence-electron chi connectivity index (χ1n) is 5.85. The molecule has 1 atom stereocenters. The molecule has 94 valence electrons. The Hall–Kier alpha value is -1.94. The monoisotopic (exact) mass is 245 g/mol. The third-order valence-electron chi connectivity index (χ3n) is 2.87. The van der Waals surface area contributed by atoms with E-state index in [4.69, 9.17) is 4.74 Å². The molecule has 1 heterocycles. The summed E-state index contributed by atoms with van der Waals surface area (Å²) in [7, 11) is 0. The van der Waals surface area contributed by atoms with Crippen LogP contribution in [0.1, 0.15) is 18.9 Å². The summed E-state index contributed by atoms with van der Waals surface area (Å²) in [4.78, 5) is 10.1. The molecule has 1 aromatic rings. The van der Waals surface area contributed by atoms with Crippen LogP contribution in [0, 0.1) is 10.1 Å². The van der Waals surface area contributed by atoms with Crippen molar-refractivity contribution in [3.05, 3.63) is 57.7 Å². The summed E-state index contributed by atoms with van der Waals surface area (Å²) in [5.74, 6) is 0. The summed E-state index contributed by atoms with van der Waals surface area (Å²) < 4.78 is 5.56. The summed E-state index contributed by atoms with van der Waals surface area (Å²) in [6.45, 7) is 2.75. The number of benzene rings is 1. The van der Waals surface area contributed by atoms with Crippen LogP contribution in [0.15, 0.2) is 42.0 Å². The maximum Gasteiger partial charge on any atom is 0.269 e. The molecule has 4 heteroatoms. The highest BCUT2D eigenvalue weighted by atomic mass is 16.6. The minimum Gasteiger partial charge on any atom is -0.370 e. The summed E-state index contributed by atoms with van der Waals surface area (Å²) >= 11 is 0. The fourth-order valence-corrected chi connectivity index (χ4v) is 1.82. The topological polar surface area (TPSA) is 52.4 Å². The predicted octanol–water partition coefficient (Wildman–Crippen LogP) is 3.34. The van der Waals surface area contributed by atoms with E-state index in [0.717, 1.165) is 12.0 Å². The van der Waals surface area contributed by atoms with Gasteiger partial charge in [0.15, 0.2) is 0 Å². The van der Waals surface area contributed by atoms with E-state index in [1.807, 2.05) is 12.2 Å². The van der Waals surface area contributed by atoms with E-state index in [2.05, 4.69) is 13.0 Å². The Morgan fingerprint density at radius 1 is 1.39 bits per heavy atom. The first kappa shape index (κ1) is 12.5. The molecule has 2 rings (SSSR count). The molecule has 4 nitrogen and oxygen atoms in total. The van der Waals surface area contributed by atoms with Gasteiger partial charge in [-0.2, -0.15) is 0 Å². The van der Waals surface area contributed by atoms with E-state index >= 15 is 0 Å². The summed E-state index contributed by atoms with van der Waals surface area (Å²) in [5.41, 5.74) is 2.39. The molecule has 0 aromatic heterocycles. The summed E-state index contributed by atoms with van der Waals surface area (Å²) in [6, 6.07) is 6.49. The highest BCUT2D eigenvalue weighted by Crippen LogP contribution is 2.17. The average molecular weight is 245 g/mol. The predicted molar refractivity (Wildman–Crippen MR) is 70.2 cm³/mol. The van der Waals surface area contributed by atoms with Crippen molar-refractivity contribution in [3.63, 3.8) is 0 Å². The first-order valence-corrected chi connectivity index (χ1v) is 5.85. The SMILES string of the molecule is CC1=CCO[C@@H](/C=C/c2ccc([N+](=O)[O-])cc2)C1. The molecule has 0 spiro atoms. The lowest BCUT2D eigenvalue weighted by molar-refractivity contribution is -0.384. The number of nitro groups is 1. The van der Waals surface area contributed by atoms with E-state index in [1.54, 1.807) is 12.1 Å². The van der Waals surface area contributed by atoms with Gasteiger partial charge in [0.25, 0.3) is 5.69 Å². The van der Waals surface area contributed by atoms with E-state index in [1.165, 1.54) is 17.7 Å². The van der Waals surface area contributed by atoms with Gasteiger partial charge in [-0.1, -0.05) is 23.8 Å². The lowest BCUT2D eigenvalue weighted by Gasteiger charge is -2.18. The minimum atomic E-state index is -0.397. The van der Waals surface area contributed by atoms with Gasteiger partial charge < -0.3 is 4.74 Å². The van der Waals surface area contributed by atoms with Crippen LogP contribution >= 0.6 is 0 Å². The molecule has 0 saturated carbocycles. The number of hydrogen-bond donors (Lipinski definition) is 0. The van der Waals surface area contributed by atoms with E-state index in [9.17, 15) is 10.1 Å². The molecule has 1 aromatic carbocycles. The van der Waals surface area contributed by atoms with Crippen LogP contribution in [0.25, 0.3) is 6.08 Å². The molecule has 0 bridgehead atoms. The summed E-state index contributed by atoms with van der Waals surface area (Å²) in [5, 5.41) is 10.5. The number of nitro benzene ring substituents is 1. The molecule has 0 fully saturated rings. The Morgan fingerprint density at radius 3 is 2.72 bits per heavy atom. The fraction of sp³-hybridized carbons (Fsp3) is 0.286. The Labute approximate surface area is 106 Å². The molecule has 0 unspecified atom stereocenters. The molecular formula is C14H15NO3. The van der Waals surface area contributed by atoms with Gasteiger partial charge in [0.2, 0.25) is 0 Å². The van der Waals surface area contributed by atoms with Crippen LogP contribution in [0.2, 0.25) is 0 Å². The van der Waals surface area contributed by atoms with Crippen molar-refractivity contribution < 1.29 is 9.66 Å². The zero-order valence-corrected chi connectivity index (χ0v) is 10.2. The van der Waals surface area contributed by atoms with Crippen molar-refractivity contribution in [1.82, 2.24) is 0 Å². The second kappa shape index (κ2) is 5.60. The van der Waals surface area contributed by atoms with Gasteiger partial charge in [-0.05, 0) is 31.0 Å². The van der Waals surface area contributed by atoms with Crippen molar-refractivity contribution >= 4 is 11.8 Å². The molecule has 0 aliphatic carbocycles. The lowest BCUT2D eigenvalue weighted by Crippen LogP contribution is -2.14. The lowest BCUT2D eigenvalue weighted by atomic mass is 10.1. The molecule has 18 heavy (non-hydrogen) atoms. The molecule has 0 saturated heterocycles. The zero-order valence-electron chi connectivity index (χ0n) is 10.2. The van der Waals surface area contributed by atoms with Crippen LogP contribution in [-0.4, -0.2) is 17.6 Å². The number of rotatable bonds is 3. The fourth-order valence-electron chi connectivity index (χ4n) is 1.82. The van der Waals surface area contributed by atoms with Crippen LogP contribution in [0.5, 0.6) is 0 Å². The molecule has 1 aliphatic heterocycles. The highest BCUT2D eigenvalue weighted by Gasteiger charge is 2.10. The largest absolute Gasteiger partial charge is 0.370 e. The van der Waals surface area contributed by atoms with Gasteiger partial charge in [0, 0.05) is 12.1 Å². The summed E-state index contributed by atoms with van der Waals surface area (Å²) in [6.07, 6.45) is 7.02. The van der Waals surface area contributed by atoms with Crippen LogP contribution in [0.3, 0.4) is 0 Å².